The molecule has 0 unspecified atom stereocenters. The number of amides is 1. The highest BCUT2D eigenvalue weighted by molar-refractivity contribution is 6.34. The molecule has 6 nitrogen and oxygen atoms in total. The molecule has 0 spiro atoms. The molecule has 8 heteroatoms. The van der Waals surface area contributed by atoms with Gasteiger partial charge in [0, 0.05) is 5.69 Å². The molecule has 2 heterocycles. The van der Waals surface area contributed by atoms with Crippen LogP contribution >= 0.6 is 11.6 Å². The Hall–Kier alpha value is -3.45. The fourth-order valence-electron chi connectivity index (χ4n) is 2.66. The summed E-state index contributed by atoms with van der Waals surface area (Å²) in [5.74, 6) is 0.264. The van der Waals surface area contributed by atoms with E-state index in [2.05, 4.69) is 15.5 Å². The lowest BCUT2D eigenvalue weighted by Gasteiger charge is -2.10. The fraction of sp³-hybridized carbons (Fsp3) is 0.0500. The number of furan rings is 1. The van der Waals surface area contributed by atoms with E-state index in [0.29, 0.717) is 29.6 Å². The van der Waals surface area contributed by atoms with Gasteiger partial charge in [-0.1, -0.05) is 35.0 Å². The first-order valence-electron chi connectivity index (χ1n) is 8.31. The average molecular weight is 398 g/mol. The maximum atomic E-state index is 13.2. The van der Waals surface area contributed by atoms with Crippen LogP contribution in [0.1, 0.15) is 21.8 Å². The summed E-state index contributed by atoms with van der Waals surface area (Å²) >= 11 is 5.97. The van der Waals surface area contributed by atoms with Crippen molar-refractivity contribution in [2.45, 2.75) is 6.42 Å². The Labute approximate surface area is 163 Å². The van der Waals surface area contributed by atoms with E-state index in [1.165, 1.54) is 18.4 Å². The molecule has 0 saturated heterocycles. The van der Waals surface area contributed by atoms with Gasteiger partial charge in [0.2, 0.25) is 11.7 Å². The van der Waals surface area contributed by atoms with Crippen LogP contribution in [-0.2, 0) is 6.42 Å². The zero-order valence-electron chi connectivity index (χ0n) is 14.4. The van der Waals surface area contributed by atoms with Crippen LogP contribution < -0.4 is 5.32 Å². The van der Waals surface area contributed by atoms with E-state index in [-0.39, 0.29) is 10.6 Å². The Morgan fingerprint density at radius 2 is 2.00 bits per heavy atom. The SMILES string of the molecule is O=C(Nc1ccccc1Cc1nc(-c2ccco2)no1)c1ccc(F)cc1Cl. The predicted octanol–water partition coefficient (Wildman–Crippen LogP) is 4.97. The van der Waals surface area contributed by atoms with Gasteiger partial charge in [0.25, 0.3) is 5.91 Å². The van der Waals surface area contributed by atoms with Crippen molar-refractivity contribution >= 4 is 23.2 Å². The second kappa shape index (κ2) is 7.66. The number of para-hydroxylation sites is 1. The Morgan fingerprint density at radius 3 is 2.79 bits per heavy atom. The van der Waals surface area contributed by atoms with Crippen molar-refractivity contribution in [3.8, 4) is 11.6 Å². The molecule has 1 amide bonds. The zero-order chi connectivity index (χ0) is 19.5. The van der Waals surface area contributed by atoms with E-state index in [1.807, 2.05) is 12.1 Å². The van der Waals surface area contributed by atoms with Crippen LogP contribution in [0.4, 0.5) is 10.1 Å². The normalized spacial score (nSPS) is 10.8. The van der Waals surface area contributed by atoms with E-state index < -0.39 is 11.7 Å². The van der Waals surface area contributed by atoms with Crippen molar-refractivity contribution in [3.63, 3.8) is 0 Å². The van der Waals surface area contributed by atoms with Gasteiger partial charge in [0.05, 0.1) is 23.3 Å². The molecule has 0 atom stereocenters. The number of carbonyl (C=O) groups is 1. The first-order valence-corrected chi connectivity index (χ1v) is 8.69. The minimum absolute atomic E-state index is 0.0370. The van der Waals surface area contributed by atoms with Crippen molar-refractivity contribution < 1.29 is 18.1 Å². The summed E-state index contributed by atoms with van der Waals surface area (Å²) in [4.78, 5) is 16.8. The van der Waals surface area contributed by atoms with Crippen molar-refractivity contribution in [2.75, 3.05) is 5.32 Å². The molecule has 0 aliphatic rings. The monoisotopic (exact) mass is 397 g/mol. The number of anilines is 1. The van der Waals surface area contributed by atoms with Gasteiger partial charge in [-0.25, -0.2) is 4.39 Å². The summed E-state index contributed by atoms with van der Waals surface area (Å²) < 4.78 is 23.7. The van der Waals surface area contributed by atoms with Crippen LogP contribution in [0.25, 0.3) is 11.6 Å². The quantitative estimate of drug-likeness (QED) is 0.514. The second-order valence-electron chi connectivity index (χ2n) is 5.90. The molecule has 0 aliphatic carbocycles. The average Bonchev–Trinajstić information content (AvgIpc) is 3.35. The highest BCUT2D eigenvalue weighted by Crippen LogP contribution is 2.23. The molecule has 2 aromatic heterocycles. The molecular formula is C20H13ClFN3O3. The number of hydrogen-bond donors (Lipinski definition) is 1. The number of hydrogen-bond acceptors (Lipinski definition) is 5. The summed E-state index contributed by atoms with van der Waals surface area (Å²) in [6, 6.07) is 14.3. The number of rotatable bonds is 5. The molecule has 0 bridgehead atoms. The van der Waals surface area contributed by atoms with E-state index in [9.17, 15) is 9.18 Å². The summed E-state index contributed by atoms with van der Waals surface area (Å²) in [6.45, 7) is 0. The lowest BCUT2D eigenvalue weighted by molar-refractivity contribution is 0.102. The topological polar surface area (TPSA) is 81.2 Å². The fourth-order valence-corrected chi connectivity index (χ4v) is 2.91. The molecule has 4 rings (SSSR count). The number of aromatic nitrogens is 2. The third-order valence-electron chi connectivity index (χ3n) is 3.99. The van der Waals surface area contributed by atoms with E-state index in [0.717, 1.165) is 11.6 Å². The van der Waals surface area contributed by atoms with Crippen molar-refractivity contribution in [1.82, 2.24) is 10.1 Å². The lowest BCUT2D eigenvalue weighted by Crippen LogP contribution is -2.14. The van der Waals surface area contributed by atoms with Gasteiger partial charge >= 0.3 is 0 Å². The van der Waals surface area contributed by atoms with Gasteiger partial charge < -0.3 is 14.3 Å². The molecule has 0 saturated carbocycles. The van der Waals surface area contributed by atoms with Crippen LogP contribution in [0, 0.1) is 5.82 Å². The molecule has 140 valence electrons. The first kappa shape index (κ1) is 17.9. The van der Waals surface area contributed by atoms with E-state index >= 15 is 0 Å². The van der Waals surface area contributed by atoms with Gasteiger partial charge in [-0.05, 0) is 42.0 Å². The summed E-state index contributed by atoms with van der Waals surface area (Å²) in [5.41, 5.74) is 1.50. The zero-order valence-corrected chi connectivity index (χ0v) is 15.1. The standard InChI is InChI=1S/C20H13ClFN3O3/c21-15-11-13(22)7-8-14(15)20(26)23-16-5-2-1-4-12(16)10-18-24-19(25-28-18)17-6-3-9-27-17/h1-9,11H,10H2,(H,23,26). The number of nitrogens with zero attached hydrogens (tertiary/aromatic N) is 2. The number of nitrogens with one attached hydrogen (secondary N) is 1. The molecule has 4 aromatic rings. The van der Waals surface area contributed by atoms with Gasteiger partial charge in [0.1, 0.15) is 5.82 Å². The first-order chi connectivity index (χ1) is 13.6. The van der Waals surface area contributed by atoms with Crippen molar-refractivity contribution in [3.05, 3.63) is 88.7 Å². The number of benzene rings is 2. The van der Waals surface area contributed by atoms with Gasteiger partial charge in [0.15, 0.2) is 5.76 Å². The molecule has 28 heavy (non-hydrogen) atoms. The minimum Gasteiger partial charge on any atom is -0.461 e. The maximum absolute atomic E-state index is 13.2. The molecule has 0 aliphatic heterocycles. The molecule has 0 radical (unpaired) electrons. The van der Waals surface area contributed by atoms with Crippen molar-refractivity contribution in [1.29, 1.82) is 0 Å². The van der Waals surface area contributed by atoms with E-state index in [4.69, 9.17) is 20.5 Å². The lowest BCUT2D eigenvalue weighted by atomic mass is 10.1. The van der Waals surface area contributed by atoms with Crippen molar-refractivity contribution in [2.24, 2.45) is 0 Å². The smallest absolute Gasteiger partial charge is 0.257 e. The minimum atomic E-state index is -0.509. The molecular weight excluding hydrogens is 385 g/mol. The third kappa shape index (κ3) is 3.79. The summed E-state index contributed by atoms with van der Waals surface area (Å²) in [6.07, 6.45) is 1.83. The molecule has 2 aromatic carbocycles. The maximum Gasteiger partial charge on any atom is 0.257 e. The molecule has 1 N–H and O–H groups in total. The Kier molecular flexibility index (Phi) is 4.90. The largest absolute Gasteiger partial charge is 0.461 e. The Morgan fingerprint density at radius 1 is 1.14 bits per heavy atom. The van der Waals surface area contributed by atoms with Crippen LogP contribution in [0.2, 0.25) is 5.02 Å². The van der Waals surface area contributed by atoms with Gasteiger partial charge in [-0.3, -0.25) is 4.79 Å². The van der Waals surface area contributed by atoms with Crippen LogP contribution in [0.5, 0.6) is 0 Å². The Balaban J connectivity index is 1.55. The third-order valence-corrected chi connectivity index (χ3v) is 4.31. The highest BCUT2D eigenvalue weighted by Gasteiger charge is 2.16. The predicted molar refractivity (Wildman–Crippen MR) is 101 cm³/mol. The van der Waals surface area contributed by atoms with Gasteiger partial charge in [-0.15, -0.1) is 0 Å². The molecule has 0 fully saturated rings. The summed E-state index contributed by atoms with van der Waals surface area (Å²) in [5, 5.41) is 6.72. The summed E-state index contributed by atoms with van der Waals surface area (Å²) in [7, 11) is 0. The van der Waals surface area contributed by atoms with Crippen LogP contribution in [0.15, 0.2) is 69.8 Å². The van der Waals surface area contributed by atoms with E-state index in [1.54, 1.807) is 24.3 Å². The second-order valence-corrected chi connectivity index (χ2v) is 6.31. The van der Waals surface area contributed by atoms with Crippen LogP contribution in [-0.4, -0.2) is 16.0 Å². The van der Waals surface area contributed by atoms with Gasteiger partial charge in [-0.2, -0.15) is 4.98 Å². The Bertz CT molecular complexity index is 1130. The number of carbonyl (C=O) groups excluding carboxylic acids is 1. The highest BCUT2D eigenvalue weighted by atomic mass is 35.5. The van der Waals surface area contributed by atoms with Crippen LogP contribution in [0.3, 0.4) is 0 Å². The number of halogens is 2.